The first-order valence-corrected chi connectivity index (χ1v) is 10.0. The zero-order valence-corrected chi connectivity index (χ0v) is 14.6. The van der Waals surface area contributed by atoms with Crippen LogP contribution >= 0.6 is 0 Å². The third kappa shape index (κ3) is 3.96. The summed E-state index contributed by atoms with van der Waals surface area (Å²) in [6.45, 7) is 1.78. The van der Waals surface area contributed by atoms with Crippen molar-refractivity contribution in [2.45, 2.75) is 49.5 Å². The lowest BCUT2D eigenvalue weighted by Gasteiger charge is -2.20. The molecule has 1 amide bonds. The summed E-state index contributed by atoms with van der Waals surface area (Å²) in [5, 5.41) is 2.78. The molecule has 1 aromatic rings. The molecule has 0 bridgehead atoms. The Morgan fingerprint density at radius 2 is 1.71 bits per heavy atom. The fourth-order valence-corrected chi connectivity index (χ4v) is 4.67. The lowest BCUT2D eigenvalue weighted by molar-refractivity contribution is -0.124. The van der Waals surface area contributed by atoms with Gasteiger partial charge in [-0.1, -0.05) is 12.8 Å². The Balaban J connectivity index is 1.67. The van der Waals surface area contributed by atoms with Gasteiger partial charge in [-0.15, -0.1) is 0 Å². The Hall–Kier alpha value is -1.44. The minimum atomic E-state index is -3.45. The van der Waals surface area contributed by atoms with Crippen LogP contribution in [-0.2, 0) is 19.6 Å². The highest BCUT2D eigenvalue weighted by atomic mass is 32.2. The molecule has 132 valence electrons. The van der Waals surface area contributed by atoms with Gasteiger partial charge in [-0.05, 0) is 49.9 Å². The summed E-state index contributed by atoms with van der Waals surface area (Å²) in [6.07, 6.45) is 5.22. The Morgan fingerprint density at radius 1 is 1.04 bits per heavy atom. The van der Waals surface area contributed by atoms with Gasteiger partial charge in [-0.25, -0.2) is 8.42 Å². The van der Waals surface area contributed by atoms with Gasteiger partial charge in [0, 0.05) is 25.4 Å². The van der Waals surface area contributed by atoms with E-state index < -0.39 is 16.1 Å². The smallest absolute Gasteiger partial charge is 0.253 e. The van der Waals surface area contributed by atoms with Gasteiger partial charge >= 0.3 is 0 Å². The van der Waals surface area contributed by atoms with E-state index in [-0.39, 0.29) is 10.8 Å². The number of nitrogens with zero attached hydrogens (tertiary/aromatic N) is 1. The van der Waals surface area contributed by atoms with Crippen LogP contribution in [0.3, 0.4) is 0 Å². The molecule has 2 aliphatic rings. The van der Waals surface area contributed by atoms with Gasteiger partial charge < -0.3 is 10.1 Å². The zero-order valence-electron chi connectivity index (χ0n) is 13.7. The molecule has 0 radical (unpaired) electrons. The van der Waals surface area contributed by atoms with Crippen LogP contribution in [0, 0.1) is 0 Å². The molecule has 3 rings (SSSR count). The van der Waals surface area contributed by atoms with Gasteiger partial charge in [0.2, 0.25) is 10.0 Å². The number of amides is 1. The fourth-order valence-electron chi connectivity index (χ4n) is 3.15. The average Bonchev–Trinajstić information content (AvgIpc) is 2.97. The van der Waals surface area contributed by atoms with Crippen LogP contribution < -0.4 is 5.32 Å². The van der Waals surface area contributed by atoms with Crippen LogP contribution in [0.1, 0.15) is 38.5 Å². The van der Waals surface area contributed by atoms with E-state index in [2.05, 4.69) is 5.32 Å². The number of rotatable bonds is 4. The summed E-state index contributed by atoms with van der Waals surface area (Å²) in [7, 11) is -3.45. The Kier molecular flexibility index (Phi) is 5.53. The van der Waals surface area contributed by atoms with Crippen molar-refractivity contribution in [1.82, 2.24) is 4.31 Å². The molecule has 0 aliphatic carbocycles. The van der Waals surface area contributed by atoms with Gasteiger partial charge in [0.25, 0.3) is 5.91 Å². The van der Waals surface area contributed by atoms with E-state index >= 15 is 0 Å². The van der Waals surface area contributed by atoms with Crippen molar-refractivity contribution in [3.63, 3.8) is 0 Å². The lowest BCUT2D eigenvalue weighted by atomic mass is 10.2. The van der Waals surface area contributed by atoms with Gasteiger partial charge in [-0.3, -0.25) is 4.79 Å². The molecule has 0 aromatic heterocycles. The van der Waals surface area contributed by atoms with Gasteiger partial charge in [-0.2, -0.15) is 4.31 Å². The third-order valence-corrected chi connectivity index (χ3v) is 6.46. The normalized spacial score (nSPS) is 22.9. The number of benzene rings is 1. The van der Waals surface area contributed by atoms with E-state index in [4.69, 9.17) is 4.74 Å². The molecule has 2 aliphatic heterocycles. The summed E-state index contributed by atoms with van der Waals surface area (Å²) in [4.78, 5) is 12.3. The molecule has 1 atom stereocenters. The molecule has 0 unspecified atom stereocenters. The SMILES string of the molecule is O=C(Nc1ccc(S(=O)(=O)N2CCCCCC2)cc1)[C@@H]1CCCO1. The van der Waals surface area contributed by atoms with Crippen LogP contribution in [0.5, 0.6) is 0 Å². The summed E-state index contributed by atoms with van der Waals surface area (Å²) < 4.78 is 32.3. The molecule has 2 saturated heterocycles. The summed E-state index contributed by atoms with van der Waals surface area (Å²) in [6, 6.07) is 6.39. The van der Waals surface area contributed by atoms with E-state index in [1.807, 2.05) is 0 Å². The molecule has 2 heterocycles. The summed E-state index contributed by atoms with van der Waals surface area (Å²) >= 11 is 0. The number of hydrogen-bond acceptors (Lipinski definition) is 4. The van der Waals surface area contributed by atoms with Gasteiger partial charge in [0.05, 0.1) is 4.90 Å². The van der Waals surface area contributed by atoms with Gasteiger partial charge in [0.1, 0.15) is 6.10 Å². The topological polar surface area (TPSA) is 75.7 Å². The first kappa shape index (κ1) is 17.4. The molecule has 0 spiro atoms. The third-order valence-electron chi connectivity index (χ3n) is 4.55. The number of ether oxygens (including phenoxy) is 1. The van der Waals surface area contributed by atoms with Crippen molar-refractivity contribution in [3.05, 3.63) is 24.3 Å². The lowest BCUT2D eigenvalue weighted by Crippen LogP contribution is -2.32. The van der Waals surface area contributed by atoms with Crippen molar-refractivity contribution in [2.24, 2.45) is 0 Å². The van der Waals surface area contributed by atoms with Crippen LogP contribution in [-0.4, -0.2) is 44.4 Å². The molecule has 1 N–H and O–H groups in total. The second kappa shape index (κ2) is 7.63. The van der Waals surface area contributed by atoms with E-state index in [1.165, 1.54) is 0 Å². The van der Waals surface area contributed by atoms with Crippen molar-refractivity contribution >= 4 is 21.6 Å². The largest absolute Gasteiger partial charge is 0.368 e. The minimum Gasteiger partial charge on any atom is -0.368 e. The second-order valence-corrected chi connectivity index (χ2v) is 8.27. The van der Waals surface area contributed by atoms with Crippen molar-refractivity contribution in [1.29, 1.82) is 0 Å². The predicted molar refractivity (Wildman–Crippen MR) is 91.3 cm³/mol. The number of sulfonamides is 1. The fraction of sp³-hybridized carbons (Fsp3) is 0.588. The molecule has 1 aromatic carbocycles. The maximum atomic E-state index is 12.7. The van der Waals surface area contributed by atoms with E-state index in [1.54, 1.807) is 28.6 Å². The molecular weight excluding hydrogens is 328 g/mol. The highest BCUT2D eigenvalue weighted by Gasteiger charge is 2.26. The number of carbonyl (C=O) groups is 1. The highest BCUT2D eigenvalue weighted by molar-refractivity contribution is 7.89. The number of anilines is 1. The maximum absolute atomic E-state index is 12.7. The van der Waals surface area contributed by atoms with E-state index in [0.717, 1.165) is 38.5 Å². The van der Waals surface area contributed by atoms with Crippen molar-refractivity contribution in [2.75, 3.05) is 25.0 Å². The Labute approximate surface area is 143 Å². The maximum Gasteiger partial charge on any atom is 0.253 e. The standard InChI is InChI=1S/C17H24N2O4S/c20-17(16-6-5-13-23-16)18-14-7-9-15(10-8-14)24(21,22)19-11-3-1-2-4-12-19/h7-10,16H,1-6,11-13H2,(H,18,20)/t16-/m0/s1. The number of carbonyl (C=O) groups excluding carboxylic acids is 1. The Morgan fingerprint density at radius 3 is 2.29 bits per heavy atom. The first-order chi connectivity index (χ1) is 11.6. The molecular formula is C17H24N2O4S. The number of hydrogen-bond donors (Lipinski definition) is 1. The molecule has 2 fully saturated rings. The summed E-state index contributed by atoms with van der Waals surface area (Å²) in [5.74, 6) is -0.171. The second-order valence-electron chi connectivity index (χ2n) is 6.33. The summed E-state index contributed by atoms with van der Waals surface area (Å²) in [5.41, 5.74) is 0.588. The van der Waals surface area contributed by atoms with Gasteiger partial charge in [0.15, 0.2) is 0 Å². The molecule has 0 saturated carbocycles. The Bertz CT molecular complexity index is 658. The zero-order chi connectivity index (χ0) is 17.0. The molecule has 7 heteroatoms. The van der Waals surface area contributed by atoms with Crippen molar-refractivity contribution in [3.8, 4) is 0 Å². The van der Waals surface area contributed by atoms with Crippen LogP contribution in [0.4, 0.5) is 5.69 Å². The molecule has 24 heavy (non-hydrogen) atoms. The van der Waals surface area contributed by atoms with E-state index in [0.29, 0.717) is 25.4 Å². The van der Waals surface area contributed by atoms with Crippen molar-refractivity contribution < 1.29 is 17.9 Å². The quantitative estimate of drug-likeness (QED) is 0.903. The highest BCUT2D eigenvalue weighted by Crippen LogP contribution is 2.22. The predicted octanol–water partition coefficient (Wildman–Crippen LogP) is 2.37. The average molecular weight is 352 g/mol. The number of nitrogens with one attached hydrogen (secondary N) is 1. The first-order valence-electron chi connectivity index (χ1n) is 8.60. The van der Waals surface area contributed by atoms with Crippen LogP contribution in [0.2, 0.25) is 0 Å². The van der Waals surface area contributed by atoms with Crippen LogP contribution in [0.25, 0.3) is 0 Å². The van der Waals surface area contributed by atoms with Crippen LogP contribution in [0.15, 0.2) is 29.2 Å². The minimum absolute atomic E-state index is 0.171. The monoisotopic (exact) mass is 352 g/mol. The van der Waals surface area contributed by atoms with E-state index in [9.17, 15) is 13.2 Å². The molecule has 6 nitrogen and oxygen atoms in total.